The first kappa shape index (κ1) is 14.7. The summed E-state index contributed by atoms with van der Waals surface area (Å²) in [6.45, 7) is 6.42. The Bertz CT molecular complexity index is 415. The molecule has 0 aliphatic heterocycles. The van der Waals surface area contributed by atoms with E-state index in [-0.39, 0.29) is 5.60 Å². The number of hydrogen-bond donors (Lipinski definition) is 1. The van der Waals surface area contributed by atoms with Gasteiger partial charge in [0.15, 0.2) is 0 Å². The smallest absolute Gasteiger partial charge is 0.0598 e. The van der Waals surface area contributed by atoms with Crippen molar-refractivity contribution >= 4 is 32.4 Å². The van der Waals surface area contributed by atoms with Crippen molar-refractivity contribution in [2.24, 2.45) is 0 Å². The molecule has 1 rings (SSSR count). The number of hydrogen-bond acceptors (Lipinski definition) is 3. The lowest BCUT2D eigenvalue weighted by atomic mass is 10.2. The lowest BCUT2D eigenvalue weighted by Gasteiger charge is -2.19. The number of nitrogens with two attached hydrogens (primary N) is 1. The molecule has 5 heteroatoms. The summed E-state index contributed by atoms with van der Waals surface area (Å²) in [5.41, 5.74) is 6.10. The van der Waals surface area contributed by atoms with Gasteiger partial charge in [-0.2, -0.15) is 0 Å². The third-order valence-electron chi connectivity index (χ3n) is 2.01. The number of benzene rings is 1. The maximum absolute atomic E-state index is 12.0. The number of anilines is 1. The van der Waals surface area contributed by atoms with Gasteiger partial charge >= 0.3 is 0 Å². The second kappa shape index (κ2) is 5.98. The minimum Gasteiger partial charge on any atom is -0.399 e. The van der Waals surface area contributed by atoms with Gasteiger partial charge in [0.05, 0.1) is 33.7 Å². The molecule has 0 heterocycles. The molecule has 0 spiro atoms. The van der Waals surface area contributed by atoms with Gasteiger partial charge in [0.25, 0.3) is 0 Å². The zero-order valence-corrected chi connectivity index (χ0v) is 12.7. The van der Waals surface area contributed by atoms with E-state index in [2.05, 4.69) is 15.9 Å². The van der Waals surface area contributed by atoms with Crippen molar-refractivity contribution in [1.82, 2.24) is 0 Å². The molecule has 0 fully saturated rings. The molecule has 1 atom stereocenters. The van der Waals surface area contributed by atoms with Crippen LogP contribution < -0.4 is 5.73 Å². The Morgan fingerprint density at radius 1 is 1.41 bits per heavy atom. The van der Waals surface area contributed by atoms with Crippen LogP contribution in [-0.4, -0.2) is 22.2 Å². The van der Waals surface area contributed by atoms with E-state index in [1.165, 1.54) is 0 Å². The summed E-state index contributed by atoms with van der Waals surface area (Å²) in [4.78, 5) is 0.761. The van der Waals surface area contributed by atoms with Crippen LogP contribution in [0.15, 0.2) is 27.6 Å². The highest BCUT2D eigenvalue weighted by atomic mass is 79.9. The van der Waals surface area contributed by atoms with Gasteiger partial charge in [-0.1, -0.05) is 0 Å². The van der Waals surface area contributed by atoms with Crippen LogP contribution in [0.25, 0.3) is 0 Å². The summed E-state index contributed by atoms with van der Waals surface area (Å²) in [6, 6.07) is 5.30. The molecule has 96 valence electrons. The zero-order chi connectivity index (χ0) is 13.1. The van der Waals surface area contributed by atoms with Crippen LogP contribution in [0.5, 0.6) is 0 Å². The van der Waals surface area contributed by atoms with Crippen molar-refractivity contribution in [3.8, 4) is 0 Å². The van der Waals surface area contributed by atoms with Crippen LogP contribution in [0, 0.1) is 0 Å². The summed E-state index contributed by atoms with van der Waals surface area (Å²) in [5, 5.41) is 0. The molecule has 0 saturated carbocycles. The van der Waals surface area contributed by atoms with E-state index in [1.807, 2.05) is 20.8 Å². The predicted molar refractivity (Wildman–Crippen MR) is 75.5 cm³/mol. The molecule has 0 aliphatic rings. The quantitative estimate of drug-likeness (QED) is 0.868. The third-order valence-corrected chi connectivity index (χ3v) is 4.31. The fourth-order valence-electron chi connectivity index (χ4n) is 1.24. The maximum atomic E-state index is 12.0. The highest BCUT2D eigenvalue weighted by molar-refractivity contribution is 9.10. The molecule has 0 aromatic heterocycles. The Morgan fingerprint density at radius 3 is 2.59 bits per heavy atom. The SMILES string of the molecule is CC(C)(C)OCCS(=O)c1ccc(N)cc1Br. The topological polar surface area (TPSA) is 52.3 Å². The van der Waals surface area contributed by atoms with Gasteiger partial charge in [-0.05, 0) is 54.9 Å². The molecule has 1 unspecified atom stereocenters. The average molecular weight is 320 g/mol. The minimum absolute atomic E-state index is 0.192. The Balaban J connectivity index is 2.59. The lowest BCUT2D eigenvalue weighted by Crippen LogP contribution is -2.22. The van der Waals surface area contributed by atoms with Gasteiger partial charge in [0, 0.05) is 10.2 Å². The lowest BCUT2D eigenvalue weighted by molar-refractivity contribution is 0.00669. The molecule has 0 saturated heterocycles. The number of nitrogen functional groups attached to an aromatic ring is 1. The second-order valence-corrected chi connectivity index (χ2v) is 7.09. The summed E-state index contributed by atoms with van der Waals surface area (Å²) in [5.74, 6) is 0.486. The van der Waals surface area contributed by atoms with E-state index < -0.39 is 10.8 Å². The van der Waals surface area contributed by atoms with Gasteiger partial charge in [0.2, 0.25) is 0 Å². The monoisotopic (exact) mass is 319 g/mol. The Kier molecular flexibility index (Phi) is 5.16. The van der Waals surface area contributed by atoms with Crippen LogP contribution >= 0.6 is 15.9 Å². The minimum atomic E-state index is -1.07. The summed E-state index contributed by atoms with van der Waals surface area (Å²) in [6.07, 6.45) is 0. The standard InChI is InChI=1S/C12H18BrNO2S/c1-12(2,3)16-6-7-17(15)11-5-4-9(14)8-10(11)13/h4-5,8H,6-7,14H2,1-3H3. The van der Waals surface area contributed by atoms with E-state index in [1.54, 1.807) is 18.2 Å². The van der Waals surface area contributed by atoms with Gasteiger partial charge in [0.1, 0.15) is 0 Å². The molecule has 0 bridgehead atoms. The summed E-state index contributed by atoms with van der Waals surface area (Å²) >= 11 is 3.37. The molecule has 1 aromatic carbocycles. The van der Waals surface area contributed by atoms with Crippen LogP contribution in [0.2, 0.25) is 0 Å². The summed E-state index contributed by atoms with van der Waals surface area (Å²) in [7, 11) is -1.07. The number of rotatable bonds is 4. The number of ether oxygens (including phenoxy) is 1. The van der Waals surface area contributed by atoms with Gasteiger partial charge < -0.3 is 10.5 Å². The Hall–Kier alpha value is -0.390. The van der Waals surface area contributed by atoms with Crippen molar-refractivity contribution < 1.29 is 8.95 Å². The van der Waals surface area contributed by atoms with Crippen molar-refractivity contribution in [1.29, 1.82) is 0 Å². The fourth-order valence-corrected chi connectivity index (χ4v) is 3.12. The molecule has 0 amide bonds. The summed E-state index contributed by atoms with van der Waals surface area (Å²) < 4.78 is 18.4. The van der Waals surface area contributed by atoms with Gasteiger partial charge in [-0.15, -0.1) is 0 Å². The molecule has 2 N–H and O–H groups in total. The van der Waals surface area contributed by atoms with Crippen molar-refractivity contribution in [2.75, 3.05) is 18.1 Å². The maximum Gasteiger partial charge on any atom is 0.0598 e. The third kappa shape index (κ3) is 5.19. The van der Waals surface area contributed by atoms with Crippen molar-refractivity contribution in [3.63, 3.8) is 0 Å². The molecular formula is C12H18BrNO2S. The van der Waals surface area contributed by atoms with E-state index in [9.17, 15) is 4.21 Å². The highest BCUT2D eigenvalue weighted by Gasteiger charge is 2.13. The molecule has 3 nitrogen and oxygen atoms in total. The van der Waals surface area contributed by atoms with Crippen molar-refractivity contribution in [3.05, 3.63) is 22.7 Å². The van der Waals surface area contributed by atoms with Crippen LogP contribution in [0.4, 0.5) is 5.69 Å². The van der Waals surface area contributed by atoms with Crippen LogP contribution in [0.3, 0.4) is 0 Å². The van der Waals surface area contributed by atoms with E-state index in [4.69, 9.17) is 10.5 Å². The first-order valence-corrected chi connectivity index (χ1v) is 7.48. The second-order valence-electron chi connectivity index (χ2n) is 4.70. The average Bonchev–Trinajstić information content (AvgIpc) is 2.15. The van der Waals surface area contributed by atoms with E-state index >= 15 is 0 Å². The van der Waals surface area contributed by atoms with Crippen LogP contribution in [-0.2, 0) is 15.5 Å². The zero-order valence-electron chi connectivity index (χ0n) is 10.3. The van der Waals surface area contributed by atoms with E-state index in [0.29, 0.717) is 18.0 Å². The first-order chi connectivity index (χ1) is 7.79. The molecular weight excluding hydrogens is 302 g/mol. The Morgan fingerprint density at radius 2 is 2.06 bits per heavy atom. The molecule has 0 aliphatic carbocycles. The molecule has 0 radical (unpaired) electrons. The predicted octanol–water partition coefficient (Wildman–Crippen LogP) is 2.95. The fraction of sp³-hybridized carbons (Fsp3) is 0.500. The van der Waals surface area contributed by atoms with Gasteiger partial charge in [-0.3, -0.25) is 4.21 Å². The first-order valence-electron chi connectivity index (χ1n) is 5.37. The van der Waals surface area contributed by atoms with Crippen molar-refractivity contribution in [2.45, 2.75) is 31.3 Å². The largest absolute Gasteiger partial charge is 0.399 e. The number of halogens is 1. The van der Waals surface area contributed by atoms with E-state index in [0.717, 1.165) is 9.37 Å². The normalized spacial score (nSPS) is 13.6. The molecule has 1 aromatic rings. The van der Waals surface area contributed by atoms with Gasteiger partial charge in [-0.25, -0.2) is 0 Å². The van der Waals surface area contributed by atoms with Crippen LogP contribution in [0.1, 0.15) is 20.8 Å². The highest BCUT2D eigenvalue weighted by Crippen LogP contribution is 2.23. The Labute approximate surface area is 113 Å². The molecule has 17 heavy (non-hydrogen) atoms.